The maximum atomic E-state index is 5.56. The second kappa shape index (κ2) is 1.67. The first kappa shape index (κ1) is 5.61. The van der Waals surface area contributed by atoms with Gasteiger partial charge in [-0.25, -0.2) is 0 Å². The first-order valence-electron chi connectivity index (χ1n) is 2.89. The number of nitrogen functional groups attached to an aromatic ring is 2. The highest BCUT2D eigenvalue weighted by Crippen LogP contribution is 2.26. The fourth-order valence-corrected chi connectivity index (χ4v) is 1.79. The van der Waals surface area contributed by atoms with Crippen LogP contribution in [-0.2, 0) is 0 Å². The Morgan fingerprint density at radius 3 is 3.00 bits per heavy atom. The molecule has 4 N–H and O–H groups in total. The molecule has 0 amide bonds. The number of nitrogens with zero attached hydrogens (tertiary/aromatic N) is 1. The zero-order chi connectivity index (χ0) is 7.14. The molecule has 0 aliphatic carbocycles. The zero-order valence-electron chi connectivity index (χ0n) is 5.24. The van der Waals surface area contributed by atoms with Crippen LogP contribution in [0.4, 0.5) is 5.00 Å². The van der Waals surface area contributed by atoms with Crippen molar-refractivity contribution in [1.29, 1.82) is 0 Å². The summed E-state index contributed by atoms with van der Waals surface area (Å²) in [7, 11) is 0. The number of fused-ring (bicyclic) bond motifs is 1. The first-order chi connectivity index (χ1) is 4.77. The summed E-state index contributed by atoms with van der Waals surface area (Å²) in [6.07, 6.45) is 1.82. The number of hydrogen-bond donors (Lipinski definition) is 2. The highest BCUT2D eigenvalue weighted by atomic mass is 32.1. The molecule has 0 atom stereocenters. The SMILES string of the molecule is Nc1cc2c(ccn2N)s1. The topological polar surface area (TPSA) is 57.0 Å². The van der Waals surface area contributed by atoms with E-state index < -0.39 is 0 Å². The quantitative estimate of drug-likeness (QED) is 0.555. The third-order valence-corrected chi connectivity index (χ3v) is 2.34. The van der Waals surface area contributed by atoms with Gasteiger partial charge in [0.1, 0.15) is 0 Å². The Labute approximate surface area is 61.8 Å². The summed E-state index contributed by atoms with van der Waals surface area (Å²) < 4.78 is 2.71. The van der Waals surface area contributed by atoms with Gasteiger partial charge in [0.25, 0.3) is 0 Å². The molecule has 2 aromatic rings. The van der Waals surface area contributed by atoms with Gasteiger partial charge in [0.15, 0.2) is 0 Å². The van der Waals surface area contributed by atoms with Crippen molar-refractivity contribution < 1.29 is 0 Å². The number of anilines is 1. The standard InChI is InChI=1S/C6H7N3S/c7-6-3-4-5(10-6)1-2-9(4)8/h1-3H,7-8H2. The molecule has 10 heavy (non-hydrogen) atoms. The predicted molar refractivity (Wildman–Crippen MR) is 44.4 cm³/mol. The average Bonchev–Trinajstić information content (AvgIpc) is 2.35. The van der Waals surface area contributed by atoms with Gasteiger partial charge in [-0.15, -0.1) is 11.3 Å². The Morgan fingerprint density at radius 2 is 2.30 bits per heavy atom. The molecule has 0 aromatic carbocycles. The Hall–Kier alpha value is -1.16. The van der Waals surface area contributed by atoms with Gasteiger partial charge >= 0.3 is 0 Å². The van der Waals surface area contributed by atoms with Gasteiger partial charge in [0.05, 0.1) is 15.2 Å². The Kier molecular flexibility index (Phi) is 0.935. The van der Waals surface area contributed by atoms with Crippen molar-refractivity contribution >= 4 is 26.6 Å². The van der Waals surface area contributed by atoms with Crippen molar-refractivity contribution in [3.63, 3.8) is 0 Å². The van der Waals surface area contributed by atoms with Gasteiger partial charge in [-0.05, 0) is 12.1 Å². The van der Waals surface area contributed by atoms with E-state index in [2.05, 4.69) is 0 Å². The fourth-order valence-electron chi connectivity index (χ4n) is 0.964. The summed E-state index contributed by atoms with van der Waals surface area (Å²) in [4.78, 5) is 0. The van der Waals surface area contributed by atoms with Gasteiger partial charge in [-0.2, -0.15) is 0 Å². The average molecular weight is 153 g/mol. The van der Waals surface area contributed by atoms with Crippen molar-refractivity contribution in [3.05, 3.63) is 18.3 Å². The first-order valence-corrected chi connectivity index (χ1v) is 3.70. The smallest absolute Gasteiger partial charge is 0.0885 e. The molecule has 2 rings (SSSR count). The Balaban J connectivity index is 2.90. The Bertz CT molecular complexity index is 360. The minimum atomic E-state index is 0.810. The third kappa shape index (κ3) is 0.593. The van der Waals surface area contributed by atoms with Crippen molar-refractivity contribution in [2.75, 3.05) is 11.6 Å². The molecule has 2 aromatic heterocycles. The largest absolute Gasteiger partial charge is 0.391 e. The Morgan fingerprint density at radius 1 is 1.50 bits per heavy atom. The maximum Gasteiger partial charge on any atom is 0.0885 e. The van der Waals surface area contributed by atoms with Crippen LogP contribution in [0.3, 0.4) is 0 Å². The van der Waals surface area contributed by atoms with Crippen LogP contribution in [-0.4, -0.2) is 4.68 Å². The number of rotatable bonds is 0. The normalized spacial score (nSPS) is 10.8. The van der Waals surface area contributed by atoms with Crippen LogP contribution in [0.1, 0.15) is 0 Å². The molecule has 0 saturated carbocycles. The summed E-state index contributed by atoms with van der Waals surface area (Å²) in [6, 6.07) is 3.83. The maximum absolute atomic E-state index is 5.56. The van der Waals surface area contributed by atoms with E-state index >= 15 is 0 Å². The van der Waals surface area contributed by atoms with E-state index in [-0.39, 0.29) is 0 Å². The van der Waals surface area contributed by atoms with Crippen molar-refractivity contribution in [3.8, 4) is 0 Å². The number of nitrogens with two attached hydrogens (primary N) is 2. The lowest BCUT2D eigenvalue weighted by Gasteiger charge is -1.87. The van der Waals surface area contributed by atoms with Crippen LogP contribution in [0.25, 0.3) is 10.2 Å². The van der Waals surface area contributed by atoms with E-state index in [1.165, 1.54) is 0 Å². The van der Waals surface area contributed by atoms with Gasteiger partial charge in [-0.3, -0.25) is 4.68 Å². The molecule has 0 spiro atoms. The van der Waals surface area contributed by atoms with Crippen molar-refractivity contribution in [2.24, 2.45) is 0 Å². The van der Waals surface area contributed by atoms with E-state index in [1.807, 2.05) is 18.3 Å². The van der Waals surface area contributed by atoms with E-state index in [4.69, 9.17) is 11.6 Å². The summed E-state index contributed by atoms with van der Waals surface area (Å²) in [5.74, 6) is 5.56. The molecule has 52 valence electrons. The van der Waals surface area contributed by atoms with E-state index in [0.29, 0.717) is 0 Å². The summed E-state index contributed by atoms with van der Waals surface area (Å²) in [5, 5.41) is 0.810. The summed E-state index contributed by atoms with van der Waals surface area (Å²) in [5.41, 5.74) is 6.56. The molecule has 0 fully saturated rings. The van der Waals surface area contributed by atoms with Gasteiger partial charge in [0.2, 0.25) is 0 Å². The van der Waals surface area contributed by atoms with Gasteiger partial charge in [0, 0.05) is 6.20 Å². The predicted octanol–water partition coefficient (Wildman–Crippen LogP) is 0.999. The summed E-state index contributed by atoms with van der Waals surface area (Å²) >= 11 is 1.55. The zero-order valence-corrected chi connectivity index (χ0v) is 6.06. The lowest BCUT2D eigenvalue weighted by atomic mass is 10.5. The molecule has 0 aliphatic heterocycles. The highest BCUT2D eigenvalue weighted by Gasteiger charge is 2.00. The molecule has 0 bridgehead atoms. The third-order valence-electron chi connectivity index (χ3n) is 1.42. The number of aromatic nitrogens is 1. The lowest BCUT2D eigenvalue weighted by Crippen LogP contribution is -2.04. The number of hydrogen-bond acceptors (Lipinski definition) is 3. The molecular formula is C6H7N3S. The molecular weight excluding hydrogens is 146 g/mol. The van der Waals surface area contributed by atoms with Crippen LogP contribution in [0, 0.1) is 0 Å². The second-order valence-corrected chi connectivity index (χ2v) is 3.24. The molecule has 0 radical (unpaired) electrons. The van der Waals surface area contributed by atoms with Crippen molar-refractivity contribution in [2.45, 2.75) is 0 Å². The van der Waals surface area contributed by atoms with E-state index in [1.54, 1.807) is 16.0 Å². The van der Waals surface area contributed by atoms with E-state index in [0.717, 1.165) is 15.2 Å². The van der Waals surface area contributed by atoms with Gasteiger partial charge in [-0.1, -0.05) is 0 Å². The summed E-state index contributed by atoms with van der Waals surface area (Å²) in [6.45, 7) is 0. The minimum absolute atomic E-state index is 0.810. The number of thiophene rings is 1. The molecule has 0 aliphatic rings. The minimum Gasteiger partial charge on any atom is -0.391 e. The van der Waals surface area contributed by atoms with Crippen LogP contribution in [0.2, 0.25) is 0 Å². The van der Waals surface area contributed by atoms with Gasteiger partial charge < -0.3 is 11.6 Å². The molecule has 0 saturated heterocycles. The van der Waals surface area contributed by atoms with Crippen LogP contribution in [0.5, 0.6) is 0 Å². The molecule has 4 heteroatoms. The van der Waals surface area contributed by atoms with Crippen LogP contribution < -0.4 is 11.6 Å². The second-order valence-electron chi connectivity index (χ2n) is 2.12. The lowest BCUT2D eigenvalue weighted by molar-refractivity contribution is 1.07. The highest BCUT2D eigenvalue weighted by molar-refractivity contribution is 7.22. The fraction of sp³-hybridized carbons (Fsp3) is 0. The van der Waals surface area contributed by atoms with E-state index in [9.17, 15) is 0 Å². The van der Waals surface area contributed by atoms with Crippen LogP contribution >= 0.6 is 11.3 Å². The monoisotopic (exact) mass is 153 g/mol. The van der Waals surface area contributed by atoms with Crippen molar-refractivity contribution in [1.82, 2.24) is 4.68 Å². The molecule has 3 nitrogen and oxygen atoms in total. The molecule has 0 unspecified atom stereocenters. The molecule has 2 heterocycles. The van der Waals surface area contributed by atoms with Crippen LogP contribution in [0.15, 0.2) is 18.3 Å².